The number of benzene rings is 1. The number of likely N-dealkylation sites (tertiary alicyclic amines) is 1. The molecule has 1 aliphatic rings. The van der Waals surface area contributed by atoms with Gasteiger partial charge in [-0.15, -0.1) is 0 Å². The first-order valence-corrected chi connectivity index (χ1v) is 5.69. The number of nitrogens with zero attached hydrogens (tertiary/aromatic N) is 1. The van der Waals surface area contributed by atoms with E-state index >= 15 is 0 Å². The molecular weight excluding hydrogens is 208 g/mol. The Bertz CT molecular complexity index is 355. The molecule has 3 heteroatoms. The highest BCUT2D eigenvalue weighted by Crippen LogP contribution is 2.31. The van der Waals surface area contributed by atoms with Crippen LogP contribution in [0.3, 0.4) is 0 Å². The lowest BCUT2D eigenvalue weighted by molar-refractivity contribution is 0.304. The van der Waals surface area contributed by atoms with Crippen LogP contribution in [0.2, 0.25) is 5.02 Å². The average Bonchev–Trinajstić information content (AvgIpc) is 2.52. The van der Waals surface area contributed by atoms with Crippen molar-refractivity contribution in [3.63, 3.8) is 0 Å². The van der Waals surface area contributed by atoms with E-state index in [1.807, 2.05) is 13.0 Å². The Balaban J connectivity index is 2.32. The van der Waals surface area contributed by atoms with E-state index in [1.54, 1.807) is 0 Å². The lowest BCUT2D eigenvalue weighted by Crippen LogP contribution is -2.29. The van der Waals surface area contributed by atoms with Crippen molar-refractivity contribution in [2.45, 2.75) is 25.4 Å². The predicted molar refractivity (Wildman–Crippen MR) is 64.2 cm³/mol. The fourth-order valence-corrected chi connectivity index (χ4v) is 2.46. The second kappa shape index (κ2) is 4.12. The van der Waals surface area contributed by atoms with Gasteiger partial charge in [-0.05, 0) is 37.6 Å². The van der Waals surface area contributed by atoms with Crippen molar-refractivity contribution in [1.82, 2.24) is 4.90 Å². The Morgan fingerprint density at radius 2 is 2.20 bits per heavy atom. The lowest BCUT2D eigenvalue weighted by Gasteiger charge is -2.23. The van der Waals surface area contributed by atoms with Crippen LogP contribution in [0.15, 0.2) is 18.2 Å². The van der Waals surface area contributed by atoms with Gasteiger partial charge in [-0.2, -0.15) is 0 Å². The summed E-state index contributed by atoms with van der Waals surface area (Å²) in [6.07, 6.45) is 1.06. The van der Waals surface area contributed by atoms with Crippen molar-refractivity contribution < 1.29 is 0 Å². The molecule has 1 aromatic rings. The third kappa shape index (κ3) is 2.03. The molecule has 0 saturated carbocycles. The molecule has 1 fully saturated rings. The third-order valence-corrected chi connectivity index (χ3v) is 3.64. The zero-order valence-corrected chi connectivity index (χ0v) is 9.96. The van der Waals surface area contributed by atoms with Gasteiger partial charge in [-0.1, -0.05) is 23.7 Å². The van der Waals surface area contributed by atoms with Gasteiger partial charge in [-0.25, -0.2) is 0 Å². The molecule has 82 valence electrons. The van der Waals surface area contributed by atoms with Crippen LogP contribution in [-0.4, -0.2) is 24.5 Å². The maximum Gasteiger partial charge on any atom is 0.0497 e. The van der Waals surface area contributed by atoms with Crippen LogP contribution in [0.5, 0.6) is 0 Å². The summed E-state index contributed by atoms with van der Waals surface area (Å²) in [6.45, 7) is 3.09. The molecule has 0 aromatic heterocycles. The Morgan fingerprint density at radius 3 is 2.73 bits per heavy atom. The molecule has 1 aliphatic heterocycles. The molecule has 1 aromatic carbocycles. The number of rotatable bonds is 1. The minimum absolute atomic E-state index is 0.230. The third-order valence-electron chi connectivity index (χ3n) is 3.23. The fourth-order valence-electron chi connectivity index (χ4n) is 2.27. The molecule has 1 saturated heterocycles. The quantitative estimate of drug-likeness (QED) is 0.794. The van der Waals surface area contributed by atoms with Crippen LogP contribution < -0.4 is 5.73 Å². The second-order valence-electron chi connectivity index (χ2n) is 4.39. The molecule has 1 heterocycles. The molecule has 2 atom stereocenters. The van der Waals surface area contributed by atoms with Crippen LogP contribution in [-0.2, 0) is 0 Å². The Hall–Kier alpha value is -0.570. The van der Waals surface area contributed by atoms with Crippen LogP contribution in [0, 0.1) is 6.92 Å². The van der Waals surface area contributed by atoms with Crippen molar-refractivity contribution in [2.75, 3.05) is 13.6 Å². The van der Waals surface area contributed by atoms with Gasteiger partial charge in [-0.3, -0.25) is 4.90 Å². The summed E-state index contributed by atoms with van der Waals surface area (Å²) in [6, 6.07) is 6.80. The van der Waals surface area contributed by atoms with E-state index in [0.717, 1.165) is 23.6 Å². The number of halogens is 1. The predicted octanol–water partition coefficient (Wildman–Crippen LogP) is 2.35. The number of hydrogen-bond donors (Lipinski definition) is 1. The Kier molecular flexibility index (Phi) is 3.01. The number of nitrogens with two attached hydrogens (primary N) is 1. The van der Waals surface area contributed by atoms with E-state index in [0.29, 0.717) is 6.04 Å². The lowest BCUT2D eigenvalue weighted by atomic mass is 10.00. The van der Waals surface area contributed by atoms with Gasteiger partial charge in [0.25, 0.3) is 0 Å². The van der Waals surface area contributed by atoms with Crippen molar-refractivity contribution in [1.29, 1.82) is 0 Å². The average molecular weight is 225 g/mol. The summed E-state index contributed by atoms with van der Waals surface area (Å²) in [7, 11) is 2.12. The minimum atomic E-state index is 0.230. The smallest absolute Gasteiger partial charge is 0.0497 e. The largest absolute Gasteiger partial charge is 0.326 e. The number of hydrogen-bond acceptors (Lipinski definition) is 2. The summed E-state index contributed by atoms with van der Waals surface area (Å²) < 4.78 is 0. The first kappa shape index (κ1) is 10.9. The van der Waals surface area contributed by atoms with Crippen molar-refractivity contribution >= 4 is 11.6 Å². The number of likely N-dealkylation sites (N-methyl/N-ethyl adjacent to an activating group) is 1. The molecule has 15 heavy (non-hydrogen) atoms. The van der Waals surface area contributed by atoms with Gasteiger partial charge in [0, 0.05) is 23.7 Å². The molecule has 2 N–H and O–H groups in total. The Morgan fingerprint density at radius 1 is 1.47 bits per heavy atom. The van der Waals surface area contributed by atoms with E-state index in [9.17, 15) is 0 Å². The summed E-state index contributed by atoms with van der Waals surface area (Å²) in [4.78, 5) is 2.30. The molecular formula is C12H17ClN2. The highest BCUT2D eigenvalue weighted by Gasteiger charge is 2.30. The maximum atomic E-state index is 6.13. The molecule has 0 spiro atoms. The second-order valence-corrected chi connectivity index (χ2v) is 4.79. The molecule has 0 radical (unpaired) electrons. The van der Waals surface area contributed by atoms with Crippen molar-refractivity contribution in [3.8, 4) is 0 Å². The fraction of sp³-hybridized carbons (Fsp3) is 0.500. The topological polar surface area (TPSA) is 29.3 Å². The van der Waals surface area contributed by atoms with Gasteiger partial charge >= 0.3 is 0 Å². The van der Waals surface area contributed by atoms with Gasteiger partial charge in [0.2, 0.25) is 0 Å². The van der Waals surface area contributed by atoms with Crippen LogP contribution >= 0.6 is 11.6 Å². The summed E-state index contributed by atoms with van der Waals surface area (Å²) in [5.41, 5.74) is 8.46. The SMILES string of the molecule is Cc1ccc(C2C(N)CCN2C)cc1Cl. The van der Waals surface area contributed by atoms with Crippen LogP contribution in [0.1, 0.15) is 23.6 Å². The van der Waals surface area contributed by atoms with E-state index in [1.165, 1.54) is 5.56 Å². The normalized spacial score (nSPS) is 27.2. The highest BCUT2D eigenvalue weighted by molar-refractivity contribution is 6.31. The zero-order chi connectivity index (χ0) is 11.0. The molecule has 0 aliphatic carbocycles. The minimum Gasteiger partial charge on any atom is -0.326 e. The first-order valence-electron chi connectivity index (χ1n) is 5.31. The first-order chi connectivity index (χ1) is 7.09. The van der Waals surface area contributed by atoms with E-state index < -0.39 is 0 Å². The van der Waals surface area contributed by atoms with Crippen LogP contribution in [0.4, 0.5) is 0 Å². The van der Waals surface area contributed by atoms with Gasteiger partial charge in [0.1, 0.15) is 0 Å². The van der Waals surface area contributed by atoms with Crippen molar-refractivity contribution in [3.05, 3.63) is 34.3 Å². The maximum absolute atomic E-state index is 6.13. The Labute approximate surface area is 96.0 Å². The highest BCUT2D eigenvalue weighted by atomic mass is 35.5. The van der Waals surface area contributed by atoms with Crippen LogP contribution in [0.25, 0.3) is 0 Å². The molecule has 2 nitrogen and oxygen atoms in total. The summed E-state index contributed by atoms with van der Waals surface area (Å²) in [5.74, 6) is 0. The molecule has 0 amide bonds. The molecule has 2 rings (SSSR count). The van der Waals surface area contributed by atoms with Gasteiger partial charge in [0.05, 0.1) is 0 Å². The standard InChI is InChI=1S/C12H17ClN2/c1-8-3-4-9(7-10(8)13)12-11(14)5-6-15(12)2/h3-4,7,11-12H,5-6,14H2,1-2H3. The van der Waals surface area contributed by atoms with Crippen molar-refractivity contribution in [2.24, 2.45) is 5.73 Å². The van der Waals surface area contributed by atoms with E-state index in [2.05, 4.69) is 24.1 Å². The van der Waals surface area contributed by atoms with E-state index in [-0.39, 0.29) is 6.04 Å². The summed E-state index contributed by atoms with van der Waals surface area (Å²) in [5, 5.41) is 0.833. The summed E-state index contributed by atoms with van der Waals surface area (Å²) >= 11 is 6.13. The number of aryl methyl sites for hydroxylation is 1. The monoisotopic (exact) mass is 224 g/mol. The van der Waals surface area contributed by atoms with Gasteiger partial charge < -0.3 is 5.73 Å². The zero-order valence-electron chi connectivity index (χ0n) is 9.20. The van der Waals surface area contributed by atoms with Gasteiger partial charge in [0.15, 0.2) is 0 Å². The van der Waals surface area contributed by atoms with E-state index in [4.69, 9.17) is 17.3 Å². The molecule has 0 bridgehead atoms. The molecule has 2 unspecified atom stereocenters.